The van der Waals surface area contributed by atoms with Gasteiger partial charge in [0.05, 0.1) is 0 Å². The number of hydrogen-bond acceptors (Lipinski definition) is 2. The maximum Gasteiger partial charge on any atom is 0.129 e. The first kappa shape index (κ1) is 14.5. The van der Waals surface area contributed by atoms with Crippen LogP contribution in [0.1, 0.15) is 11.1 Å². The van der Waals surface area contributed by atoms with Gasteiger partial charge in [0.15, 0.2) is 0 Å². The SMILES string of the molecule is CNCCc1ccccc1COc1cc(F)cc(F)c1. The molecule has 0 aromatic heterocycles. The van der Waals surface area contributed by atoms with E-state index in [2.05, 4.69) is 5.32 Å². The standard InChI is InChI=1S/C16H17F2NO/c1-19-7-6-12-4-2-3-5-13(12)11-20-16-9-14(17)8-15(18)10-16/h2-5,8-10,19H,6-7,11H2,1H3. The first-order valence-electron chi connectivity index (χ1n) is 6.49. The van der Waals surface area contributed by atoms with Crippen molar-refractivity contribution in [3.05, 3.63) is 65.2 Å². The van der Waals surface area contributed by atoms with Crippen LogP contribution in [0, 0.1) is 11.6 Å². The molecule has 0 aliphatic rings. The molecular formula is C16H17F2NO. The van der Waals surface area contributed by atoms with Crippen LogP contribution >= 0.6 is 0 Å². The van der Waals surface area contributed by atoms with Gasteiger partial charge in [-0.3, -0.25) is 0 Å². The Morgan fingerprint density at radius 3 is 2.30 bits per heavy atom. The molecule has 1 N–H and O–H groups in total. The van der Waals surface area contributed by atoms with Gasteiger partial charge in [0.1, 0.15) is 24.0 Å². The molecule has 0 aliphatic heterocycles. The average molecular weight is 277 g/mol. The lowest BCUT2D eigenvalue weighted by Gasteiger charge is -2.11. The van der Waals surface area contributed by atoms with Crippen LogP contribution in [0.4, 0.5) is 8.78 Å². The first-order valence-corrected chi connectivity index (χ1v) is 6.49. The number of nitrogens with one attached hydrogen (secondary N) is 1. The topological polar surface area (TPSA) is 21.3 Å². The maximum absolute atomic E-state index is 13.1. The quantitative estimate of drug-likeness (QED) is 0.874. The molecule has 0 fully saturated rings. The number of benzene rings is 2. The highest BCUT2D eigenvalue weighted by Gasteiger charge is 2.05. The summed E-state index contributed by atoms with van der Waals surface area (Å²) in [5.41, 5.74) is 2.19. The molecule has 0 atom stereocenters. The van der Waals surface area contributed by atoms with Crippen molar-refractivity contribution in [2.45, 2.75) is 13.0 Å². The highest BCUT2D eigenvalue weighted by atomic mass is 19.1. The predicted octanol–water partition coefficient (Wildman–Crippen LogP) is 3.31. The van der Waals surface area contributed by atoms with E-state index in [9.17, 15) is 8.78 Å². The van der Waals surface area contributed by atoms with Crippen LogP contribution in [0.15, 0.2) is 42.5 Å². The van der Waals surface area contributed by atoms with E-state index in [1.165, 1.54) is 17.7 Å². The molecule has 4 heteroatoms. The Bertz CT molecular complexity index is 552. The number of likely N-dealkylation sites (N-methyl/N-ethyl adjacent to an activating group) is 1. The Labute approximate surface area is 117 Å². The summed E-state index contributed by atoms with van der Waals surface area (Å²) >= 11 is 0. The highest BCUT2D eigenvalue weighted by Crippen LogP contribution is 2.18. The van der Waals surface area contributed by atoms with Gasteiger partial charge in [0.2, 0.25) is 0 Å². The van der Waals surface area contributed by atoms with Crippen molar-refractivity contribution < 1.29 is 13.5 Å². The van der Waals surface area contributed by atoms with E-state index in [1.54, 1.807) is 0 Å². The molecule has 0 bridgehead atoms. The molecule has 0 saturated carbocycles. The highest BCUT2D eigenvalue weighted by molar-refractivity contribution is 5.29. The summed E-state index contributed by atoms with van der Waals surface area (Å²) < 4.78 is 31.6. The van der Waals surface area contributed by atoms with Gasteiger partial charge in [-0.15, -0.1) is 0 Å². The Kier molecular flexibility index (Phi) is 5.07. The third-order valence-electron chi connectivity index (χ3n) is 2.99. The zero-order valence-electron chi connectivity index (χ0n) is 11.3. The smallest absolute Gasteiger partial charge is 0.129 e. The second-order valence-electron chi connectivity index (χ2n) is 4.52. The Morgan fingerprint density at radius 2 is 1.65 bits per heavy atom. The van der Waals surface area contributed by atoms with Gasteiger partial charge in [-0.25, -0.2) is 8.78 Å². The molecule has 0 unspecified atom stereocenters. The van der Waals surface area contributed by atoms with Crippen molar-refractivity contribution in [3.63, 3.8) is 0 Å². The normalized spacial score (nSPS) is 10.6. The fourth-order valence-corrected chi connectivity index (χ4v) is 1.97. The fourth-order valence-electron chi connectivity index (χ4n) is 1.97. The second-order valence-corrected chi connectivity index (χ2v) is 4.52. The van der Waals surface area contributed by atoms with Gasteiger partial charge in [0.25, 0.3) is 0 Å². The Morgan fingerprint density at radius 1 is 1.00 bits per heavy atom. The van der Waals surface area contributed by atoms with E-state index in [0.717, 1.165) is 24.6 Å². The predicted molar refractivity (Wildman–Crippen MR) is 74.8 cm³/mol. The van der Waals surface area contributed by atoms with Crippen molar-refractivity contribution >= 4 is 0 Å². The number of hydrogen-bond donors (Lipinski definition) is 1. The summed E-state index contributed by atoms with van der Waals surface area (Å²) in [6.45, 7) is 1.16. The minimum absolute atomic E-state index is 0.200. The van der Waals surface area contributed by atoms with E-state index >= 15 is 0 Å². The lowest BCUT2D eigenvalue weighted by Crippen LogP contribution is -2.12. The van der Waals surface area contributed by atoms with Gasteiger partial charge >= 0.3 is 0 Å². The molecule has 0 radical (unpaired) electrons. The van der Waals surface area contributed by atoms with Gasteiger partial charge in [-0.05, 0) is 31.1 Å². The van der Waals surface area contributed by atoms with Crippen LogP contribution in [0.25, 0.3) is 0 Å². The first-order chi connectivity index (χ1) is 9.69. The monoisotopic (exact) mass is 277 g/mol. The molecule has 0 spiro atoms. The summed E-state index contributed by atoms with van der Waals surface area (Å²) in [6.07, 6.45) is 0.882. The molecule has 106 valence electrons. The number of halogens is 2. The molecular weight excluding hydrogens is 260 g/mol. The van der Waals surface area contributed by atoms with E-state index in [-0.39, 0.29) is 5.75 Å². The average Bonchev–Trinajstić information content (AvgIpc) is 2.43. The van der Waals surface area contributed by atoms with Crippen LogP contribution in [0.3, 0.4) is 0 Å². The summed E-state index contributed by atoms with van der Waals surface area (Å²) in [6, 6.07) is 11.1. The molecule has 20 heavy (non-hydrogen) atoms. The van der Waals surface area contributed by atoms with Crippen molar-refractivity contribution in [3.8, 4) is 5.75 Å². The molecule has 0 heterocycles. The largest absolute Gasteiger partial charge is 0.489 e. The molecule has 2 aromatic carbocycles. The molecule has 0 saturated heterocycles. The summed E-state index contributed by atoms with van der Waals surface area (Å²) in [4.78, 5) is 0. The van der Waals surface area contributed by atoms with Crippen molar-refractivity contribution in [1.82, 2.24) is 5.32 Å². The fraction of sp³-hybridized carbons (Fsp3) is 0.250. The molecule has 2 aromatic rings. The van der Waals surface area contributed by atoms with Gasteiger partial charge in [0, 0.05) is 18.2 Å². The van der Waals surface area contributed by atoms with E-state index < -0.39 is 11.6 Å². The minimum atomic E-state index is -0.636. The van der Waals surface area contributed by atoms with Crippen LogP contribution in [-0.4, -0.2) is 13.6 Å². The molecule has 0 aliphatic carbocycles. The summed E-state index contributed by atoms with van der Waals surface area (Å²) in [5.74, 6) is -1.07. The van der Waals surface area contributed by atoms with E-state index in [0.29, 0.717) is 6.61 Å². The summed E-state index contributed by atoms with van der Waals surface area (Å²) in [5, 5.41) is 3.09. The van der Waals surface area contributed by atoms with Crippen molar-refractivity contribution in [2.24, 2.45) is 0 Å². The Balaban J connectivity index is 2.06. The second kappa shape index (κ2) is 7.01. The van der Waals surface area contributed by atoms with Crippen LogP contribution < -0.4 is 10.1 Å². The molecule has 2 nitrogen and oxygen atoms in total. The van der Waals surface area contributed by atoms with Crippen LogP contribution in [-0.2, 0) is 13.0 Å². The van der Waals surface area contributed by atoms with Gasteiger partial charge < -0.3 is 10.1 Å². The van der Waals surface area contributed by atoms with Crippen LogP contribution in [0.5, 0.6) is 5.75 Å². The van der Waals surface area contributed by atoms with Crippen molar-refractivity contribution in [1.29, 1.82) is 0 Å². The minimum Gasteiger partial charge on any atom is -0.489 e. The molecule has 2 rings (SSSR count). The summed E-state index contributed by atoms with van der Waals surface area (Å²) in [7, 11) is 1.90. The number of ether oxygens (including phenoxy) is 1. The molecule has 0 amide bonds. The number of rotatable bonds is 6. The zero-order chi connectivity index (χ0) is 14.4. The zero-order valence-corrected chi connectivity index (χ0v) is 11.3. The van der Waals surface area contributed by atoms with E-state index in [1.807, 2.05) is 31.3 Å². The lowest BCUT2D eigenvalue weighted by molar-refractivity contribution is 0.301. The van der Waals surface area contributed by atoms with Gasteiger partial charge in [-0.2, -0.15) is 0 Å². The van der Waals surface area contributed by atoms with Gasteiger partial charge in [-0.1, -0.05) is 24.3 Å². The lowest BCUT2D eigenvalue weighted by atomic mass is 10.1. The maximum atomic E-state index is 13.1. The Hall–Kier alpha value is -1.94. The van der Waals surface area contributed by atoms with E-state index in [4.69, 9.17) is 4.74 Å². The van der Waals surface area contributed by atoms with Crippen LogP contribution in [0.2, 0.25) is 0 Å². The third kappa shape index (κ3) is 4.03. The van der Waals surface area contributed by atoms with Crippen molar-refractivity contribution in [2.75, 3.05) is 13.6 Å². The third-order valence-corrected chi connectivity index (χ3v) is 2.99.